The number of benzene rings is 1. The van der Waals surface area contributed by atoms with E-state index in [4.69, 9.17) is 4.74 Å². The highest BCUT2D eigenvalue weighted by Crippen LogP contribution is 2.26. The van der Waals surface area contributed by atoms with Crippen molar-refractivity contribution in [1.29, 1.82) is 0 Å². The lowest BCUT2D eigenvalue weighted by atomic mass is 9.98. The van der Waals surface area contributed by atoms with E-state index < -0.39 is 0 Å². The Balaban J connectivity index is 1.55. The topological polar surface area (TPSA) is 24.5 Å². The second-order valence-electron chi connectivity index (χ2n) is 5.90. The molecule has 0 aliphatic carbocycles. The van der Waals surface area contributed by atoms with Crippen LogP contribution in [0.2, 0.25) is 0 Å². The highest BCUT2D eigenvalue weighted by molar-refractivity contribution is 5.39. The van der Waals surface area contributed by atoms with E-state index in [9.17, 15) is 0 Å². The van der Waals surface area contributed by atoms with Crippen LogP contribution in [0.15, 0.2) is 18.2 Å². The molecule has 1 aromatic carbocycles. The van der Waals surface area contributed by atoms with Crippen LogP contribution in [0.3, 0.4) is 0 Å². The molecule has 19 heavy (non-hydrogen) atoms. The Morgan fingerprint density at radius 3 is 3.00 bits per heavy atom. The van der Waals surface area contributed by atoms with Gasteiger partial charge < -0.3 is 15.0 Å². The Morgan fingerprint density at radius 1 is 1.32 bits per heavy atom. The largest absolute Gasteiger partial charge is 0.493 e. The van der Waals surface area contributed by atoms with Gasteiger partial charge in [-0.3, -0.25) is 0 Å². The Bertz CT molecular complexity index is 427. The molecule has 0 saturated carbocycles. The van der Waals surface area contributed by atoms with Crippen LogP contribution in [-0.2, 0) is 12.8 Å². The molecule has 2 aliphatic rings. The highest BCUT2D eigenvalue weighted by Gasteiger charge is 2.15. The summed E-state index contributed by atoms with van der Waals surface area (Å²) in [4.78, 5) is 2.58. The molecule has 1 fully saturated rings. The summed E-state index contributed by atoms with van der Waals surface area (Å²) >= 11 is 0. The highest BCUT2D eigenvalue weighted by atomic mass is 16.5. The van der Waals surface area contributed by atoms with Gasteiger partial charge in [0.1, 0.15) is 5.75 Å². The molecule has 0 bridgehead atoms. The predicted molar refractivity (Wildman–Crippen MR) is 77.8 cm³/mol. The van der Waals surface area contributed by atoms with Crippen LogP contribution >= 0.6 is 0 Å². The van der Waals surface area contributed by atoms with Crippen molar-refractivity contribution in [2.75, 3.05) is 39.3 Å². The molecule has 3 heteroatoms. The summed E-state index contributed by atoms with van der Waals surface area (Å²) in [5.74, 6) is 1.82. The average molecular weight is 260 g/mol. The third kappa shape index (κ3) is 3.28. The Kier molecular flexibility index (Phi) is 4.04. The third-order valence-electron chi connectivity index (χ3n) is 4.12. The number of rotatable bonds is 4. The molecule has 1 unspecified atom stereocenters. The standard InChI is InChI=1S/C16H24N2O/c1-13(12-18-7-5-17-6-8-18)10-14-2-3-16-15(11-14)4-9-19-16/h2-3,11,13,17H,4-10,12H2,1H3. The fraction of sp³-hybridized carbons (Fsp3) is 0.625. The van der Waals surface area contributed by atoms with Gasteiger partial charge in [0.2, 0.25) is 0 Å². The summed E-state index contributed by atoms with van der Waals surface area (Å²) < 4.78 is 5.56. The Morgan fingerprint density at radius 2 is 2.16 bits per heavy atom. The van der Waals surface area contributed by atoms with Crippen molar-refractivity contribution in [3.63, 3.8) is 0 Å². The second-order valence-corrected chi connectivity index (χ2v) is 5.90. The lowest BCUT2D eigenvalue weighted by Gasteiger charge is -2.29. The Labute approximate surface area is 115 Å². The van der Waals surface area contributed by atoms with Gasteiger partial charge in [0.05, 0.1) is 6.61 Å². The van der Waals surface area contributed by atoms with E-state index in [-0.39, 0.29) is 0 Å². The number of hydrogen-bond donors (Lipinski definition) is 1. The van der Waals surface area contributed by atoms with E-state index in [1.807, 2.05) is 0 Å². The number of piperazine rings is 1. The zero-order chi connectivity index (χ0) is 13.1. The summed E-state index contributed by atoms with van der Waals surface area (Å²) in [6.07, 6.45) is 2.26. The smallest absolute Gasteiger partial charge is 0.122 e. The molecular weight excluding hydrogens is 236 g/mol. The summed E-state index contributed by atoms with van der Waals surface area (Å²) in [5, 5.41) is 3.41. The fourth-order valence-electron chi connectivity index (χ4n) is 3.17. The first-order valence-corrected chi connectivity index (χ1v) is 7.49. The van der Waals surface area contributed by atoms with Gasteiger partial charge in [-0.25, -0.2) is 0 Å². The molecule has 0 spiro atoms. The molecule has 3 rings (SSSR count). The van der Waals surface area contributed by atoms with E-state index >= 15 is 0 Å². The maximum Gasteiger partial charge on any atom is 0.122 e. The van der Waals surface area contributed by atoms with Gasteiger partial charge in [-0.2, -0.15) is 0 Å². The monoisotopic (exact) mass is 260 g/mol. The van der Waals surface area contributed by atoms with Crippen molar-refractivity contribution < 1.29 is 4.74 Å². The van der Waals surface area contributed by atoms with Crippen LogP contribution in [-0.4, -0.2) is 44.2 Å². The van der Waals surface area contributed by atoms with Crippen molar-refractivity contribution in [3.05, 3.63) is 29.3 Å². The van der Waals surface area contributed by atoms with Crippen LogP contribution in [0, 0.1) is 5.92 Å². The van der Waals surface area contributed by atoms with Gasteiger partial charge in [0.25, 0.3) is 0 Å². The van der Waals surface area contributed by atoms with Crippen molar-refractivity contribution in [3.8, 4) is 5.75 Å². The first kappa shape index (κ1) is 12.9. The third-order valence-corrected chi connectivity index (χ3v) is 4.12. The Hall–Kier alpha value is -1.06. The van der Waals surface area contributed by atoms with E-state index in [0.717, 1.165) is 37.8 Å². The van der Waals surface area contributed by atoms with E-state index in [1.54, 1.807) is 0 Å². The molecule has 1 saturated heterocycles. The number of fused-ring (bicyclic) bond motifs is 1. The fourth-order valence-corrected chi connectivity index (χ4v) is 3.17. The molecule has 3 nitrogen and oxygen atoms in total. The van der Waals surface area contributed by atoms with E-state index in [0.29, 0.717) is 0 Å². The molecule has 0 aromatic heterocycles. The minimum absolute atomic E-state index is 0.721. The van der Waals surface area contributed by atoms with Crippen LogP contribution in [0.5, 0.6) is 5.75 Å². The van der Waals surface area contributed by atoms with Crippen LogP contribution in [0.1, 0.15) is 18.1 Å². The number of nitrogens with one attached hydrogen (secondary N) is 1. The molecule has 104 valence electrons. The van der Waals surface area contributed by atoms with Crippen LogP contribution in [0.4, 0.5) is 0 Å². The maximum absolute atomic E-state index is 5.56. The van der Waals surface area contributed by atoms with Crippen molar-refractivity contribution in [1.82, 2.24) is 10.2 Å². The molecule has 0 radical (unpaired) electrons. The minimum atomic E-state index is 0.721. The SMILES string of the molecule is CC(Cc1ccc2c(c1)CCO2)CN1CCNCC1. The zero-order valence-electron chi connectivity index (χ0n) is 11.8. The van der Waals surface area contributed by atoms with Crippen molar-refractivity contribution in [2.24, 2.45) is 5.92 Å². The summed E-state index contributed by atoms with van der Waals surface area (Å²) in [6.45, 7) is 9.12. The zero-order valence-corrected chi connectivity index (χ0v) is 11.8. The molecular formula is C16H24N2O. The second kappa shape index (κ2) is 5.93. The molecule has 2 aliphatic heterocycles. The van der Waals surface area contributed by atoms with Gasteiger partial charge in [-0.15, -0.1) is 0 Å². The molecule has 0 amide bonds. The van der Waals surface area contributed by atoms with Gasteiger partial charge >= 0.3 is 0 Å². The van der Waals surface area contributed by atoms with E-state index in [1.165, 1.54) is 37.2 Å². The van der Waals surface area contributed by atoms with Crippen molar-refractivity contribution in [2.45, 2.75) is 19.8 Å². The van der Waals surface area contributed by atoms with Gasteiger partial charge in [-0.1, -0.05) is 19.1 Å². The van der Waals surface area contributed by atoms with Crippen molar-refractivity contribution >= 4 is 0 Å². The number of ether oxygens (including phenoxy) is 1. The van der Waals surface area contributed by atoms with Gasteiger partial charge in [-0.05, 0) is 29.5 Å². The first-order valence-electron chi connectivity index (χ1n) is 7.49. The average Bonchev–Trinajstić information content (AvgIpc) is 2.87. The lowest BCUT2D eigenvalue weighted by Crippen LogP contribution is -2.45. The summed E-state index contributed by atoms with van der Waals surface area (Å²) in [6, 6.07) is 6.73. The normalized spacial score (nSPS) is 20.9. The van der Waals surface area contributed by atoms with Crippen LogP contribution in [0.25, 0.3) is 0 Å². The van der Waals surface area contributed by atoms with Crippen LogP contribution < -0.4 is 10.1 Å². The lowest BCUT2D eigenvalue weighted by molar-refractivity contribution is 0.211. The molecule has 1 atom stereocenters. The minimum Gasteiger partial charge on any atom is -0.493 e. The quantitative estimate of drug-likeness (QED) is 0.892. The maximum atomic E-state index is 5.56. The summed E-state index contributed by atoms with van der Waals surface area (Å²) in [7, 11) is 0. The molecule has 1 N–H and O–H groups in total. The first-order chi connectivity index (χ1) is 9.31. The molecule has 1 aromatic rings. The van der Waals surface area contributed by atoms with Gasteiger partial charge in [0, 0.05) is 39.1 Å². The predicted octanol–water partition coefficient (Wildman–Crippen LogP) is 1.71. The number of nitrogens with zero attached hydrogens (tertiary/aromatic N) is 1. The number of hydrogen-bond acceptors (Lipinski definition) is 3. The van der Waals surface area contributed by atoms with E-state index in [2.05, 4.69) is 35.3 Å². The summed E-state index contributed by atoms with van der Waals surface area (Å²) in [5.41, 5.74) is 2.86. The van der Waals surface area contributed by atoms with Gasteiger partial charge in [0.15, 0.2) is 0 Å². The molecule has 2 heterocycles.